The highest BCUT2D eigenvalue weighted by molar-refractivity contribution is 7.99. The summed E-state index contributed by atoms with van der Waals surface area (Å²) >= 11 is 1.35. The van der Waals surface area contributed by atoms with Crippen molar-refractivity contribution in [2.24, 2.45) is 0 Å². The number of esters is 1. The number of aromatic nitrogens is 3. The number of nitrogens with one attached hydrogen (secondary N) is 2. The molecule has 1 atom stereocenters. The lowest BCUT2D eigenvalue weighted by Crippen LogP contribution is -2.04. The first-order valence-electron chi connectivity index (χ1n) is 12.1. The molecule has 0 amide bonds. The Morgan fingerprint density at radius 3 is 2.77 bits per heavy atom. The number of methoxy groups -OCH3 is 1. The molecule has 0 aliphatic rings. The maximum absolute atomic E-state index is 14.9. The van der Waals surface area contributed by atoms with E-state index in [1.54, 1.807) is 24.4 Å². The van der Waals surface area contributed by atoms with Gasteiger partial charge < -0.3 is 24.5 Å². The second-order valence-electron chi connectivity index (χ2n) is 8.81. The van der Waals surface area contributed by atoms with E-state index in [-0.39, 0.29) is 35.3 Å². The molecule has 0 aliphatic carbocycles. The SMILES string of the molecule is COC(=O)CCc1cccc(C(O)c2cnc(-c3cc(Oc4c(F)cc5[nH]ccc5c4SC)ccc3F)[nH]2)c1. The number of thioether (sulfide) groups is 1. The monoisotopic (exact) mass is 549 g/mol. The molecular formula is C29H25F2N3O4S. The number of rotatable bonds is 9. The summed E-state index contributed by atoms with van der Waals surface area (Å²) in [5.41, 5.74) is 2.56. The third-order valence-electron chi connectivity index (χ3n) is 6.34. The third kappa shape index (κ3) is 5.52. The summed E-state index contributed by atoms with van der Waals surface area (Å²) in [7, 11) is 1.34. The molecule has 3 N–H and O–H groups in total. The quantitative estimate of drug-likeness (QED) is 0.143. The molecule has 0 bridgehead atoms. The van der Waals surface area contributed by atoms with Gasteiger partial charge in [-0.3, -0.25) is 4.79 Å². The zero-order valence-corrected chi connectivity index (χ0v) is 21.9. The van der Waals surface area contributed by atoms with Gasteiger partial charge in [-0.15, -0.1) is 11.8 Å². The largest absolute Gasteiger partial charge is 0.469 e. The zero-order valence-electron chi connectivity index (χ0n) is 21.1. The van der Waals surface area contributed by atoms with Crippen molar-refractivity contribution in [2.75, 3.05) is 13.4 Å². The van der Waals surface area contributed by atoms with Gasteiger partial charge in [0.15, 0.2) is 11.6 Å². The number of aromatic amines is 2. The molecule has 2 aromatic heterocycles. The average molecular weight is 550 g/mol. The Balaban J connectivity index is 1.40. The third-order valence-corrected chi connectivity index (χ3v) is 7.15. The minimum Gasteiger partial charge on any atom is -0.469 e. The van der Waals surface area contributed by atoms with Crippen molar-refractivity contribution in [1.29, 1.82) is 0 Å². The number of hydrogen-bond donors (Lipinski definition) is 3. The minimum absolute atomic E-state index is 0.0507. The number of aliphatic hydroxyl groups excluding tert-OH is 1. The molecule has 5 aromatic rings. The van der Waals surface area contributed by atoms with Crippen molar-refractivity contribution in [2.45, 2.75) is 23.8 Å². The van der Waals surface area contributed by atoms with Crippen LogP contribution in [-0.4, -0.2) is 39.4 Å². The molecule has 0 saturated carbocycles. The van der Waals surface area contributed by atoms with Crippen LogP contribution in [0.4, 0.5) is 8.78 Å². The van der Waals surface area contributed by atoms with Crippen LogP contribution >= 0.6 is 11.8 Å². The van der Waals surface area contributed by atoms with E-state index in [1.165, 1.54) is 49.3 Å². The first-order chi connectivity index (χ1) is 18.9. The Morgan fingerprint density at radius 1 is 1.13 bits per heavy atom. The van der Waals surface area contributed by atoms with Gasteiger partial charge in [-0.2, -0.15) is 0 Å². The number of H-pyrrole nitrogens is 2. The van der Waals surface area contributed by atoms with Gasteiger partial charge in [0.25, 0.3) is 0 Å². The van der Waals surface area contributed by atoms with E-state index >= 15 is 0 Å². The number of carbonyl (C=O) groups excluding carboxylic acids is 1. The van der Waals surface area contributed by atoms with Crippen LogP contribution in [0.2, 0.25) is 0 Å². The van der Waals surface area contributed by atoms with E-state index < -0.39 is 17.7 Å². The number of benzene rings is 3. The normalized spacial score (nSPS) is 12.0. The maximum atomic E-state index is 14.9. The number of aliphatic hydroxyl groups is 1. The lowest BCUT2D eigenvalue weighted by Gasteiger charge is -2.13. The number of ether oxygens (including phenoxy) is 2. The van der Waals surface area contributed by atoms with E-state index in [1.807, 2.05) is 18.4 Å². The van der Waals surface area contributed by atoms with E-state index in [9.17, 15) is 18.7 Å². The van der Waals surface area contributed by atoms with Crippen LogP contribution in [0.1, 0.15) is 29.3 Å². The van der Waals surface area contributed by atoms with Gasteiger partial charge >= 0.3 is 5.97 Å². The Labute approximate surface area is 227 Å². The van der Waals surface area contributed by atoms with E-state index in [0.29, 0.717) is 28.1 Å². The van der Waals surface area contributed by atoms with Gasteiger partial charge in [-0.05, 0) is 48.1 Å². The molecule has 39 heavy (non-hydrogen) atoms. The van der Waals surface area contributed by atoms with E-state index in [4.69, 9.17) is 4.74 Å². The standard InChI is InChI=1S/C29H25F2N3O4S/c1-37-25(35)9-6-16-4-3-5-17(12-16)26(36)24-15-33-29(34-24)20-13-18(7-8-21(20)30)38-27-22(31)14-23-19(10-11-32-23)28(27)39-2/h3-5,7-8,10-15,26,32,36H,6,9H2,1-2H3,(H,33,34). The Kier molecular flexibility index (Phi) is 7.67. The summed E-state index contributed by atoms with van der Waals surface area (Å²) in [4.78, 5) is 22.3. The fourth-order valence-corrected chi connectivity index (χ4v) is 5.07. The van der Waals surface area contributed by atoms with Gasteiger partial charge in [0.05, 0.1) is 29.5 Å². The number of imidazole rings is 1. The van der Waals surface area contributed by atoms with Crippen LogP contribution in [-0.2, 0) is 16.0 Å². The predicted octanol–water partition coefficient (Wildman–Crippen LogP) is 6.54. The molecule has 0 aliphatic heterocycles. The van der Waals surface area contributed by atoms with Crippen molar-refractivity contribution < 1.29 is 28.2 Å². The molecule has 3 aromatic carbocycles. The van der Waals surface area contributed by atoms with Crippen molar-refractivity contribution in [3.05, 3.63) is 95.4 Å². The van der Waals surface area contributed by atoms with Crippen LogP contribution in [0.25, 0.3) is 22.3 Å². The number of halogens is 2. The van der Waals surface area contributed by atoms with Crippen molar-refractivity contribution in [3.63, 3.8) is 0 Å². The molecule has 0 fully saturated rings. The summed E-state index contributed by atoms with van der Waals surface area (Å²) in [5.74, 6) is -0.959. The van der Waals surface area contributed by atoms with Gasteiger partial charge in [0, 0.05) is 29.6 Å². The lowest BCUT2D eigenvalue weighted by atomic mass is 10.0. The Morgan fingerprint density at radius 2 is 1.97 bits per heavy atom. The van der Waals surface area contributed by atoms with E-state index in [2.05, 4.69) is 19.7 Å². The number of hydrogen-bond acceptors (Lipinski definition) is 6. The van der Waals surface area contributed by atoms with Gasteiger partial charge in [0.2, 0.25) is 0 Å². The Hall–Kier alpha value is -4.15. The molecule has 10 heteroatoms. The number of fused-ring (bicyclic) bond motifs is 1. The smallest absolute Gasteiger partial charge is 0.305 e. The zero-order chi connectivity index (χ0) is 27.5. The van der Waals surface area contributed by atoms with Crippen molar-refractivity contribution >= 4 is 28.6 Å². The van der Waals surface area contributed by atoms with Gasteiger partial charge in [-0.1, -0.05) is 24.3 Å². The van der Waals surface area contributed by atoms with Crippen LogP contribution in [0, 0.1) is 11.6 Å². The minimum atomic E-state index is -1.06. The second kappa shape index (κ2) is 11.3. The molecule has 5 rings (SSSR count). The number of carbonyl (C=O) groups is 1. The molecule has 0 spiro atoms. The molecule has 200 valence electrons. The Bertz CT molecular complexity index is 1650. The number of nitrogens with zero attached hydrogens (tertiary/aromatic N) is 1. The fourth-order valence-electron chi connectivity index (χ4n) is 4.35. The highest BCUT2D eigenvalue weighted by Crippen LogP contribution is 2.40. The molecule has 0 radical (unpaired) electrons. The molecule has 0 saturated heterocycles. The topological polar surface area (TPSA) is 100 Å². The summed E-state index contributed by atoms with van der Waals surface area (Å²) in [6.07, 6.45) is 4.62. The highest BCUT2D eigenvalue weighted by Gasteiger charge is 2.19. The molecule has 2 heterocycles. The first-order valence-corrected chi connectivity index (χ1v) is 13.3. The van der Waals surface area contributed by atoms with Crippen LogP contribution in [0.15, 0.2) is 71.9 Å². The van der Waals surface area contributed by atoms with Crippen molar-refractivity contribution in [3.8, 4) is 22.9 Å². The average Bonchev–Trinajstić information content (AvgIpc) is 3.63. The van der Waals surface area contributed by atoms with Gasteiger partial charge in [0.1, 0.15) is 23.5 Å². The fraction of sp³-hybridized carbons (Fsp3) is 0.172. The summed E-state index contributed by atoms with van der Waals surface area (Å²) in [6, 6.07) is 14.5. The molecule has 1 unspecified atom stereocenters. The summed E-state index contributed by atoms with van der Waals surface area (Å²) in [6.45, 7) is 0. The number of aryl methyl sites for hydroxylation is 1. The van der Waals surface area contributed by atoms with Gasteiger partial charge in [-0.25, -0.2) is 13.8 Å². The first kappa shape index (κ1) is 26.5. The molecule has 7 nitrogen and oxygen atoms in total. The molecular weight excluding hydrogens is 524 g/mol. The van der Waals surface area contributed by atoms with Crippen molar-refractivity contribution in [1.82, 2.24) is 15.0 Å². The highest BCUT2D eigenvalue weighted by atomic mass is 32.2. The second-order valence-corrected chi connectivity index (χ2v) is 9.63. The van der Waals surface area contributed by atoms with Crippen LogP contribution in [0.3, 0.4) is 0 Å². The van der Waals surface area contributed by atoms with Crippen LogP contribution < -0.4 is 4.74 Å². The van der Waals surface area contributed by atoms with E-state index in [0.717, 1.165) is 10.9 Å². The maximum Gasteiger partial charge on any atom is 0.305 e. The summed E-state index contributed by atoms with van der Waals surface area (Å²) in [5, 5.41) is 11.8. The predicted molar refractivity (Wildman–Crippen MR) is 145 cm³/mol. The van der Waals surface area contributed by atoms with Crippen LogP contribution in [0.5, 0.6) is 11.5 Å². The lowest BCUT2D eigenvalue weighted by molar-refractivity contribution is -0.140. The summed E-state index contributed by atoms with van der Waals surface area (Å²) < 4.78 is 40.4.